The molecule has 2 nitrogen and oxygen atoms in total. The molecule has 0 saturated carbocycles. The Labute approximate surface area is 173 Å². The second kappa shape index (κ2) is 13.2. The zero-order valence-corrected chi connectivity index (χ0v) is 21.2. The maximum atomic E-state index is 5.61. The van der Waals surface area contributed by atoms with Crippen LogP contribution >= 0.6 is 0 Å². The second-order valence-electron chi connectivity index (χ2n) is 12.8. The van der Waals surface area contributed by atoms with Gasteiger partial charge in [-0.3, -0.25) is 0 Å². The first-order valence-electron chi connectivity index (χ1n) is 11.1. The molecule has 0 bridgehead atoms. The van der Waals surface area contributed by atoms with Gasteiger partial charge in [-0.15, -0.1) is 0 Å². The van der Waals surface area contributed by atoms with Gasteiger partial charge in [-0.05, 0) is 53.8 Å². The van der Waals surface area contributed by atoms with Crippen LogP contribution in [0.15, 0.2) is 0 Å². The van der Waals surface area contributed by atoms with Crippen LogP contribution in [-0.4, -0.2) is 26.4 Å². The first kappa shape index (κ1) is 29.1. The van der Waals surface area contributed by atoms with Gasteiger partial charge in [0.25, 0.3) is 0 Å². The fourth-order valence-electron chi connectivity index (χ4n) is 2.04. The summed E-state index contributed by atoms with van der Waals surface area (Å²) < 4.78 is 11.2. The highest BCUT2D eigenvalue weighted by Crippen LogP contribution is 2.22. The van der Waals surface area contributed by atoms with Crippen LogP contribution in [0.5, 0.6) is 0 Å². The molecule has 0 aliphatic heterocycles. The third-order valence-corrected chi connectivity index (χ3v) is 4.20. The largest absolute Gasteiger partial charge is 0.381 e. The minimum absolute atomic E-state index is 0.404. The molecule has 0 aromatic carbocycles. The summed E-state index contributed by atoms with van der Waals surface area (Å²) in [5.74, 6) is 0. The molecular weight excluding hydrogens is 332 g/mol. The topological polar surface area (TPSA) is 18.5 Å². The van der Waals surface area contributed by atoms with Crippen molar-refractivity contribution in [2.24, 2.45) is 21.7 Å². The highest BCUT2D eigenvalue weighted by molar-refractivity contribution is 4.63. The van der Waals surface area contributed by atoms with Crippen LogP contribution < -0.4 is 0 Å². The molecule has 0 rings (SSSR count). The van der Waals surface area contributed by atoms with Gasteiger partial charge in [0.2, 0.25) is 0 Å². The predicted octanol–water partition coefficient (Wildman–Crippen LogP) is 8.14. The zero-order chi connectivity index (χ0) is 21.8. The summed E-state index contributed by atoms with van der Waals surface area (Å²) in [5.41, 5.74) is 1.67. The third kappa shape index (κ3) is 33.9. The minimum atomic E-state index is 0.404. The minimum Gasteiger partial charge on any atom is -0.381 e. The van der Waals surface area contributed by atoms with Gasteiger partial charge in [0.1, 0.15) is 0 Å². The highest BCUT2D eigenvalue weighted by Gasteiger charge is 2.12. The standard InChI is InChI=1S/C13H28O.C12H26O/c1-12(2,3)8-7-10-14-11-9-13(4,5)6;1-11(2,3)7-9-13-10-8-12(4,5)6/h7-11H2,1-6H3;7-10H2,1-6H3. The fraction of sp³-hybridized carbons (Fsp3) is 1.00. The van der Waals surface area contributed by atoms with E-state index in [9.17, 15) is 0 Å². The molecule has 0 aliphatic carbocycles. The van der Waals surface area contributed by atoms with Crippen LogP contribution in [0, 0.1) is 21.7 Å². The summed E-state index contributed by atoms with van der Waals surface area (Å²) in [6.45, 7) is 30.7. The molecule has 0 heterocycles. The van der Waals surface area contributed by atoms with Crippen LogP contribution in [0.4, 0.5) is 0 Å². The van der Waals surface area contributed by atoms with E-state index >= 15 is 0 Å². The molecule has 0 spiro atoms. The summed E-state index contributed by atoms with van der Waals surface area (Å²) in [4.78, 5) is 0. The predicted molar refractivity (Wildman–Crippen MR) is 123 cm³/mol. The van der Waals surface area contributed by atoms with Gasteiger partial charge in [-0.2, -0.15) is 0 Å². The van der Waals surface area contributed by atoms with Crippen molar-refractivity contribution < 1.29 is 9.47 Å². The van der Waals surface area contributed by atoms with Crippen LogP contribution in [-0.2, 0) is 9.47 Å². The van der Waals surface area contributed by atoms with Crippen LogP contribution in [0.3, 0.4) is 0 Å². The number of rotatable bonds is 9. The zero-order valence-electron chi connectivity index (χ0n) is 21.2. The maximum absolute atomic E-state index is 5.61. The smallest absolute Gasteiger partial charge is 0.0471 e. The SMILES string of the molecule is CC(C)(C)CCCOCCC(C)(C)C.CC(C)(C)CCOCCC(C)(C)C. The van der Waals surface area contributed by atoms with Crippen LogP contribution in [0.25, 0.3) is 0 Å². The number of hydrogen-bond donors (Lipinski definition) is 0. The van der Waals surface area contributed by atoms with Crippen molar-refractivity contribution in [2.75, 3.05) is 26.4 Å². The first-order valence-corrected chi connectivity index (χ1v) is 11.1. The van der Waals surface area contributed by atoms with Gasteiger partial charge < -0.3 is 9.47 Å². The first-order chi connectivity index (χ1) is 11.9. The van der Waals surface area contributed by atoms with Crippen molar-refractivity contribution in [1.82, 2.24) is 0 Å². The van der Waals surface area contributed by atoms with E-state index in [-0.39, 0.29) is 0 Å². The van der Waals surface area contributed by atoms with Gasteiger partial charge in [0, 0.05) is 26.4 Å². The Kier molecular flexibility index (Phi) is 14.2. The molecule has 0 radical (unpaired) electrons. The summed E-state index contributed by atoms with van der Waals surface area (Å²) in [6.07, 6.45) is 5.90. The quantitative estimate of drug-likeness (QED) is 0.372. The van der Waals surface area contributed by atoms with Gasteiger partial charge in [-0.1, -0.05) is 83.1 Å². The van der Waals surface area contributed by atoms with E-state index in [1.54, 1.807) is 0 Å². The molecule has 0 aromatic heterocycles. The van der Waals surface area contributed by atoms with Crippen molar-refractivity contribution in [3.8, 4) is 0 Å². The third-order valence-electron chi connectivity index (χ3n) is 4.20. The molecular formula is C25H54O2. The van der Waals surface area contributed by atoms with Gasteiger partial charge in [-0.25, -0.2) is 0 Å². The lowest BCUT2D eigenvalue weighted by molar-refractivity contribution is 0.0881. The molecule has 0 unspecified atom stereocenters. The second-order valence-corrected chi connectivity index (χ2v) is 12.8. The van der Waals surface area contributed by atoms with Gasteiger partial charge >= 0.3 is 0 Å². The van der Waals surface area contributed by atoms with E-state index in [2.05, 4.69) is 83.1 Å². The van der Waals surface area contributed by atoms with E-state index in [4.69, 9.17) is 9.47 Å². The van der Waals surface area contributed by atoms with E-state index < -0.39 is 0 Å². The Morgan fingerprint density at radius 3 is 0.889 bits per heavy atom. The number of hydrogen-bond acceptors (Lipinski definition) is 2. The summed E-state index contributed by atoms with van der Waals surface area (Å²) in [6, 6.07) is 0. The lowest BCUT2D eigenvalue weighted by atomic mass is 9.91. The molecule has 0 fully saturated rings. The highest BCUT2D eigenvalue weighted by atomic mass is 16.5. The Balaban J connectivity index is 0. The van der Waals surface area contributed by atoms with Gasteiger partial charge in [0.15, 0.2) is 0 Å². The van der Waals surface area contributed by atoms with E-state index in [0.29, 0.717) is 21.7 Å². The molecule has 166 valence electrons. The van der Waals surface area contributed by atoms with E-state index in [1.807, 2.05) is 0 Å². The lowest BCUT2D eigenvalue weighted by Gasteiger charge is -2.20. The van der Waals surface area contributed by atoms with Crippen LogP contribution in [0.2, 0.25) is 0 Å². The van der Waals surface area contributed by atoms with E-state index in [0.717, 1.165) is 45.7 Å². The van der Waals surface area contributed by atoms with Crippen molar-refractivity contribution >= 4 is 0 Å². The fourth-order valence-corrected chi connectivity index (χ4v) is 2.04. The molecule has 0 atom stereocenters. The van der Waals surface area contributed by atoms with Crippen molar-refractivity contribution in [3.63, 3.8) is 0 Å². The normalized spacial score (nSPS) is 13.3. The molecule has 0 aliphatic rings. The Bertz CT molecular complexity index is 297. The maximum Gasteiger partial charge on any atom is 0.0471 e. The lowest BCUT2D eigenvalue weighted by Crippen LogP contribution is -2.13. The monoisotopic (exact) mass is 386 g/mol. The van der Waals surface area contributed by atoms with E-state index in [1.165, 1.54) is 12.8 Å². The van der Waals surface area contributed by atoms with Crippen molar-refractivity contribution in [2.45, 2.75) is 115 Å². The van der Waals surface area contributed by atoms with Crippen LogP contribution in [0.1, 0.15) is 115 Å². The van der Waals surface area contributed by atoms with Gasteiger partial charge in [0.05, 0.1) is 0 Å². The Morgan fingerprint density at radius 1 is 0.370 bits per heavy atom. The van der Waals surface area contributed by atoms with Crippen molar-refractivity contribution in [1.29, 1.82) is 0 Å². The Morgan fingerprint density at radius 2 is 0.630 bits per heavy atom. The molecule has 0 saturated heterocycles. The Hall–Kier alpha value is -0.0800. The molecule has 0 aromatic rings. The number of ether oxygens (including phenoxy) is 2. The molecule has 0 N–H and O–H groups in total. The van der Waals surface area contributed by atoms with Crippen molar-refractivity contribution in [3.05, 3.63) is 0 Å². The summed E-state index contributed by atoms with van der Waals surface area (Å²) >= 11 is 0. The average Bonchev–Trinajstić information content (AvgIpc) is 2.38. The summed E-state index contributed by atoms with van der Waals surface area (Å²) in [7, 11) is 0. The summed E-state index contributed by atoms with van der Waals surface area (Å²) in [5, 5.41) is 0. The average molecular weight is 387 g/mol. The molecule has 27 heavy (non-hydrogen) atoms. The molecule has 0 amide bonds. The molecule has 2 heteroatoms.